The number of hydrogen-bond donors (Lipinski definition) is 5. The van der Waals surface area contributed by atoms with E-state index < -0.39 is 21.5 Å². The van der Waals surface area contributed by atoms with Crippen molar-refractivity contribution in [3.05, 3.63) is 60.7 Å². The number of rotatable bonds is 7. The summed E-state index contributed by atoms with van der Waals surface area (Å²) in [7, 11) is -3.96. The summed E-state index contributed by atoms with van der Waals surface area (Å²) in [6.45, 7) is 5.31. The Morgan fingerprint density at radius 2 is 1.47 bits per heavy atom. The van der Waals surface area contributed by atoms with Crippen molar-refractivity contribution in [3.8, 4) is 0 Å². The minimum atomic E-state index is -3.96. The molecular formula is C24H28N4O5S. The average Bonchev–Trinajstić information content (AvgIpc) is 2.78. The van der Waals surface area contributed by atoms with Crippen molar-refractivity contribution >= 4 is 49.8 Å². The number of sulfonamides is 1. The molecule has 0 heterocycles. The third kappa shape index (κ3) is 6.03. The van der Waals surface area contributed by atoms with Gasteiger partial charge in [0.15, 0.2) is 0 Å². The smallest absolute Gasteiger partial charge is 0.319 e. The molecule has 34 heavy (non-hydrogen) atoms. The molecule has 3 rings (SSSR count). The van der Waals surface area contributed by atoms with Crippen molar-refractivity contribution in [1.29, 1.82) is 0 Å². The lowest BCUT2D eigenvalue weighted by molar-refractivity contribution is -0.123. The van der Waals surface area contributed by atoms with Crippen molar-refractivity contribution in [2.45, 2.75) is 25.7 Å². The Morgan fingerprint density at radius 1 is 0.853 bits per heavy atom. The Bertz CT molecular complexity index is 1300. The number of fused-ring (bicyclic) bond motifs is 1. The molecule has 0 aliphatic heterocycles. The molecule has 180 valence electrons. The number of nitrogens with one attached hydrogen (secondary N) is 4. The minimum absolute atomic E-state index is 0.0505. The fraction of sp³-hybridized carbons (Fsp3) is 0.250. The van der Waals surface area contributed by atoms with Gasteiger partial charge in [-0.1, -0.05) is 45.0 Å². The quantitative estimate of drug-likeness (QED) is 0.348. The standard InChI is InChI=1S/C24H28N4O5S/c1-24(2,3)22(30)26-16-10-12-17(13-11-16)28-34(32,33)21-9-5-6-18-19(21)7-4-8-20(18)27-23(31)25-14-15-29/h4-13,28-29H,14-15H2,1-3H3,(H,26,30)(H2,25,27,31). The van der Waals surface area contributed by atoms with Crippen LogP contribution in [0.2, 0.25) is 0 Å². The van der Waals surface area contributed by atoms with Gasteiger partial charge in [0, 0.05) is 34.1 Å². The monoisotopic (exact) mass is 484 g/mol. The summed E-state index contributed by atoms with van der Waals surface area (Å²) in [6.07, 6.45) is 0. The molecule has 3 aromatic carbocycles. The molecule has 0 aromatic heterocycles. The number of hydrogen-bond acceptors (Lipinski definition) is 5. The lowest BCUT2D eigenvalue weighted by atomic mass is 9.95. The minimum Gasteiger partial charge on any atom is -0.395 e. The van der Waals surface area contributed by atoms with E-state index >= 15 is 0 Å². The van der Waals surface area contributed by atoms with E-state index in [0.29, 0.717) is 27.8 Å². The number of benzene rings is 3. The summed E-state index contributed by atoms with van der Waals surface area (Å²) >= 11 is 0. The molecule has 0 spiro atoms. The first-order valence-electron chi connectivity index (χ1n) is 10.6. The predicted molar refractivity (Wildman–Crippen MR) is 133 cm³/mol. The molecule has 0 bridgehead atoms. The first-order chi connectivity index (χ1) is 16.0. The Morgan fingerprint density at radius 3 is 2.12 bits per heavy atom. The zero-order valence-electron chi connectivity index (χ0n) is 19.2. The predicted octanol–water partition coefficient (Wildman–Crippen LogP) is 3.74. The van der Waals surface area contributed by atoms with Crippen LogP contribution in [0.3, 0.4) is 0 Å². The maximum Gasteiger partial charge on any atom is 0.319 e. The van der Waals surface area contributed by atoms with Gasteiger partial charge in [-0.25, -0.2) is 13.2 Å². The first-order valence-corrected chi connectivity index (χ1v) is 12.1. The van der Waals surface area contributed by atoms with Crippen LogP contribution in [0.5, 0.6) is 0 Å². The molecule has 3 aromatic rings. The SMILES string of the molecule is CC(C)(C)C(=O)Nc1ccc(NS(=O)(=O)c2cccc3c(NC(=O)NCCO)cccc23)cc1. The third-order valence-electron chi connectivity index (χ3n) is 4.89. The van der Waals surface area contributed by atoms with Gasteiger partial charge in [0.1, 0.15) is 0 Å². The van der Waals surface area contributed by atoms with E-state index in [1.54, 1.807) is 75.4 Å². The fourth-order valence-corrected chi connectivity index (χ4v) is 4.39. The molecule has 3 amide bonds. The lowest BCUT2D eigenvalue weighted by Crippen LogP contribution is -2.31. The summed E-state index contributed by atoms with van der Waals surface area (Å²) in [5.41, 5.74) is 0.776. The molecule has 10 heteroatoms. The topological polar surface area (TPSA) is 137 Å². The molecule has 5 N–H and O–H groups in total. The van der Waals surface area contributed by atoms with Crippen molar-refractivity contribution in [1.82, 2.24) is 5.32 Å². The summed E-state index contributed by atoms with van der Waals surface area (Å²) in [4.78, 5) is 24.2. The highest BCUT2D eigenvalue weighted by Crippen LogP contribution is 2.30. The van der Waals surface area contributed by atoms with Gasteiger partial charge in [-0.05, 0) is 36.4 Å². The van der Waals surface area contributed by atoms with Gasteiger partial charge in [-0.2, -0.15) is 0 Å². The van der Waals surface area contributed by atoms with Crippen LogP contribution in [0.25, 0.3) is 10.8 Å². The molecule has 0 unspecified atom stereocenters. The van der Waals surface area contributed by atoms with E-state index in [1.165, 1.54) is 6.07 Å². The molecule has 9 nitrogen and oxygen atoms in total. The zero-order chi connectivity index (χ0) is 24.9. The maximum absolute atomic E-state index is 13.2. The van der Waals surface area contributed by atoms with Crippen LogP contribution >= 0.6 is 0 Å². The molecule has 0 fully saturated rings. The number of aliphatic hydroxyl groups is 1. The van der Waals surface area contributed by atoms with E-state index in [2.05, 4.69) is 20.7 Å². The van der Waals surface area contributed by atoms with Crippen molar-refractivity contribution in [2.24, 2.45) is 5.41 Å². The van der Waals surface area contributed by atoms with Crippen LogP contribution < -0.4 is 20.7 Å². The van der Waals surface area contributed by atoms with Crippen LogP contribution in [-0.4, -0.2) is 38.6 Å². The van der Waals surface area contributed by atoms with E-state index in [1.807, 2.05) is 0 Å². The molecule has 0 saturated carbocycles. The highest BCUT2D eigenvalue weighted by atomic mass is 32.2. The zero-order valence-corrected chi connectivity index (χ0v) is 20.0. The Balaban J connectivity index is 1.84. The van der Waals surface area contributed by atoms with Crippen molar-refractivity contribution in [2.75, 3.05) is 28.5 Å². The summed E-state index contributed by atoms with van der Waals surface area (Å²) in [6, 6.07) is 15.6. The van der Waals surface area contributed by atoms with Crippen molar-refractivity contribution < 1.29 is 23.1 Å². The van der Waals surface area contributed by atoms with Gasteiger partial charge in [0.25, 0.3) is 10.0 Å². The molecular weight excluding hydrogens is 456 g/mol. The van der Waals surface area contributed by atoms with Gasteiger partial charge < -0.3 is 21.1 Å². The number of carbonyl (C=O) groups is 2. The number of aliphatic hydroxyl groups excluding tert-OH is 1. The Kier molecular flexibility index (Phi) is 7.43. The second-order valence-corrected chi connectivity index (χ2v) is 10.3. The lowest BCUT2D eigenvalue weighted by Gasteiger charge is -2.18. The molecule has 0 atom stereocenters. The normalized spacial score (nSPS) is 11.6. The van der Waals surface area contributed by atoms with Gasteiger partial charge in [0.2, 0.25) is 5.91 Å². The molecule has 0 saturated heterocycles. The van der Waals surface area contributed by atoms with E-state index in [9.17, 15) is 18.0 Å². The molecule has 0 radical (unpaired) electrons. The molecule has 0 aliphatic carbocycles. The molecule has 0 aliphatic rings. The number of urea groups is 1. The average molecular weight is 485 g/mol. The highest BCUT2D eigenvalue weighted by Gasteiger charge is 2.22. The van der Waals surface area contributed by atoms with Crippen LogP contribution in [0.15, 0.2) is 65.6 Å². The summed E-state index contributed by atoms with van der Waals surface area (Å²) < 4.78 is 28.9. The maximum atomic E-state index is 13.2. The summed E-state index contributed by atoms with van der Waals surface area (Å²) in [5.74, 6) is -0.147. The number of amides is 3. The van der Waals surface area contributed by atoms with E-state index in [4.69, 9.17) is 5.11 Å². The Hall–Kier alpha value is -3.63. The van der Waals surface area contributed by atoms with Crippen LogP contribution in [0.1, 0.15) is 20.8 Å². The van der Waals surface area contributed by atoms with Crippen molar-refractivity contribution in [3.63, 3.8) is 0 Å². The number of carbonyl (C=O) groups excluding carboxylic acids is 2. The third-order valence-corrected chi connectivity index (χ3v) is 6.33. The van der Waals surface area contributed by atoms with Gasteiger partial charge in [0.05, 0.1) is 17.2 Å². The van der Waals surface area contributed by atoms with E-state index in [0.717, 1.165) is 0 Å². The van der Waals surface area contributed by atoms with Crippen LogP contribution in [-0.2, 0) is 14.8 Å². The highest BCUT2D eigenvalue weighted by molar-refractivity contribution is 7.93. The first kappa shape index (κ1) is 25.0. The summed E-state index contributed by atoms with van der Waals surface area (Å²) in [5, 5.41) is 17.8. The second-order valence-electron chi connectivity index (χ2n) is 8.65. The number of anilines is 3. The second kappa shape index (κ2) is 10.1. The van der Waals surface area contributed by atoms with Gasteiger partial charge in [-0.15, -0.1) is 0 Å². The Labute approximate surface area is 198 Å². The van der Waals surface area contributed by atoms with Gasteiger partial charge in [-0.3, -0.25) is 9.52 Å². The van der Waals surface area contributed by atoms with Crippen LogP contribution in [0, 0.1) is 5.41 Å². The fourth-order valence-electron chi connectivity index (χ4n) is 3.11. The van der Waals surface area contributed by atoms with Crippen LogP contribution in [0.4, 0.5) is 21.9 Å². The largest absolute Gasteiger partial charge is 0.395 e. The van der Waals surface area contributed by atoms with E-state index in [-0.39, 0.29) is 24.0 Å². The van der Waals surface area contributed by atoms with Gasteiger partial charge >= 0.3 is 6.03 Å².